The van der Waals surface area contributed by atoms with Crippen molar-refractivity contribution in [3.63, 3.8) is 0 Å². The maximum atomic E-state index is 13.9. The largest absolute Gasteiger partial charge is 0.313 e. The summed E-state index contributed by atoms with van der Waals surface area (Å²) in [7, 11) is 1.72. The molecule has 1 atom stereocenters. The van der Waals surface area contributed by atoms with Crippen LogP contribution in [0.1, 0.15) is 17.2 Å². The molecule has 0 heterocycles. The standard InChI is InChI=1S/C15H14ClF2N/c1-19-14(11-6-2-3-8-13(11)17)9-10-5-4-7-12(16)15(10)18/h2-8,14,19H,9H2,1H3. The molecule has 1 nitrogen and oxygen atoms in total. The number of hydrogen-bond donors (Lipinski definition) is 1. The van der Waals surface area contributed by atoms with Crippen LogP contribution in [0.2, 0.25) is 5.02 Å². The van der Waals surface area contributed by atoms with E-state index >= 15 is 0 Å². The Hall–Kier alpha value is -1.45. The molecule has 0 aliphatic rings. The van der Waals surface area contributed by atoms with Gasteiger partial charge in [-0.2, -0.15) is 0 Å². The maximum absolute atomic E-state index is 13.9. The topological polar surface area (TPSA) is 12.0 Å². The molecule has 0 spiro atoms. The van der Waals surface area contributed by atoms with Gasteiger partial charge in [-0.15, -0.1) is 0 Å². The Morgan fingerprint density at radius 2 is 1.84 bits per heavy atom. The number of halogens is 3. The Balaban J connectivity index is 2.30. The Kier molecular flexibility index (Phi) is 4.51. The van der Waals surface area contributed by atoms with Crippen molar-refractivity contribution in [1.29, 1.82) is 0 Å². The fraction of sp³-hybridized carbons (Fsp3) is 0.200. The summed E-state index contributed by atoms with van der Waals surface area (Å²) in [6, 6.07) is 11.0. The van der Waals surface area contributed by atoms with Crippen LogP contribution < -0.4 is 5.32 Å². The van der Waals surface area contributed by atoms with Crippen LogP contribution in [0.25, 0.3) is 0 Å². The second-order valence-electron chi connectivity index (χ2n) is 4.28. The molecule has 1 N–H and O–H groups in total. The minimum atomic E-state index is -0.444. The molecule has 4 heteroatoms. The summed E-state index contributed by atoms with van der Waals surface area (Å²) >= 11 is 5.75. The van der Waals surface area contributed by atoms with Crippen molar-refractivity contribution in [1.82, 2.24) is 5.32 Å². The third kappa shape index (κ3) is 3.11. The lowest BCUT2D eigenvalue weighted by molar-refractivity contribution is 0.520. The fourth-order valence-corrected chi connectivity index (χ4v) is 2.25. The van der Waals surface area contributed by atoms with Crippen LogP contribution in [0.5, 0.6) is 0 Å². The van der Waals surface area contributed by atoms with Crippen molar-refractivity contribution in [3.05, 3.63) is 70.2 Å². The molecule has 0 bridgehead atoms. The number of hydrogen-bond acceptors (Lipinski definition) is 1. The second-order valence-corrected chi connectivity index (χ2v) is 4.69. The van der Waals surface area contributed by atoms with E-state index in [1.165, 1.54) is 12.1 Å². The predicted octanol–water partition coefficient (Wildman–Crippen LogP) is 4.12. The number of rotatable bonds is 4. The highest BCUT2D eigenvalue weighted by Gasteiger charge is 2.16. The molecule has 0 saturated heterocycles. The zero-order chi connectivity index (χ0) is 13.8. The van der Waals surface area contributed by atoms with E-state index in [4.69, 9.17) is 11.6 Å². The lowest BCUT2D eigenvalue weighted by Crippen LogP contribution is -2.20. The minimum absolute atomic E-state index is 0.0842. The third-order valence-corrected chi connectivity index (χ3v) is 3.38. The number of likely N-dealkylation sites (N-methyl/N-ethyl adjacent to an activating group) is 1. The first-order valence-corrected chi connectivity index (χ1v) is 6.36. The molecule has 0 radical (unpaired) electrons. The fourth-order valence-electron chi connectivity index (χ4n) is 2.05. The van der Waals surface area contributed by atoms with Crippen molar-refractivity contribution in [3.8, 4) is 0 Å². The Labute approximate surface area is 116 Å². The van der Waals surface area contributed by atoms with E-state index in [1.54, 1.807) is 37.4 Å². The minimum Gasteiger partial charge on any atom is -0.313 e. The Morgan fingerprint density at radius 3 is 2.53 bits per heavy atom. The molecule has 2 rings (SSSR count). The first kappa shape index (κ1) is 14.0. The normalized spacial score (nSPS) is 12.4. The summed E-state index contributed by atoms with van der Waals surface area (Å²) in [4.78, 5) is 0. The highest BCUT2D eigenvalue weighted by Crippen LogP contribution is 2.25. The van der Waals surface area contributed by atoms with Gasteiger partial charge in [-0.1, -0.05) is 41.9 Å². The predicted molar refractivity (Wildman–Crippen MR) is 73.3 cm³/mol. The SMILES string of the molecule is CNC(Cc1cccc(Cl)c1F)c1ccccc1F. The van der Waals surface area contributed by atoms with E-state index < -0.39 is 5.82 Å². The molecule has 0 aliphatic heterocycles. The van der Waals surface area contributed by atoms with Crippen LogP contribution >= 0.6 is 11.6 Å². The third-order valence-electron chi connectivity index (χ3n) is 3.08. The molecule has 0 fully saturated rings. The lowest BCUT2D eigenvalue weighted by atomic mass is 9.98. The van der Waals surface area contributed by atoms with E-state index in [0.717, 1.165) is 0 Å². The van der Waals surface area contributed by atoms with Crippen LogP contribution in [0.4, 0.5) is 8.78 Å². The summed E-state index contributed by atoms with van der Waals surface area (Å²) in [5.74, 6) is -0.745. The summed E-state index contributed by atoms with van der Waals surface area (Å²) < 4.78 is 27.6. The second kappa shape index (κ2) is 6.13. The van der Waals surface area contributed by atoms with Crippen molar-refractivity contribution in [2.75, 3.05) is 7.05 Å². The van der Waals surface area contributed by atoms with Crippen molar-refractivity contribution in [2.24, 2.45) is 0 Å². The van der Waals surface area contributed by atoms with Gasteiger partial charge in [0.2, 0.25) is 0 Å². The van der Waals surface area contributed by atoms with Crippen LogP contribution in [0.3, 0.4) is 0 Å². The first-order chi connectivity index (χ1) is 9.13. The van der Waals surface area contributed by atoms with Gasteiger partial charge >= 0.3 is 0 Å². The van der Waals surface area contributed by atoms with Gasteiger partial charge in [0, 0.05) is 11.6 Å². The van der Waals surface area contributed by atoms with Gasteiger partial charge in [0.25, 0.3) is 0 Å². The lowest BCUT2D eigenvalue weighted by Gasteiger charge is -2.18. The van der Waals surface area contributed by atoms with E-state index in [0.29, 0.717) is 17.5 Å². The average Bonchev–Trinajstić information content (AvgIpc) is 2.41. The van der Waals surface area contributed by atoms with Gasteiger partial charge in [-0.3, -0.25) is 0 Å². The Bertz CT molecular complexity index is 572. The van der Waals surface area contributed by atoms with Crippen LogP contribution in [0, 0.1) is 11.6 Å². The summed E-state index contributed by atoms with van der Waals surface area (Å²) in [5, 5.41) is 3.09. The van der Waals surface area contributed by atoms with Gasteiger partial charge in [0.15, 0.2) is 0 Å². The van der Waals surface area contributed by atoms with Crippen LogP contribution in [-0.2, 0) is 6.42 Å². The zero-order valence-corrected chi connectivity index (χ0v) is 11.2. The molecule has 100 valence electrons. The van der Waals surface area contributed by atoms with Crippen LogP contribution in [-0.4, -0.2) is 7.05 Å². The van der Waals surface area contributed by atoms with Crippen LogP contribution in [0.15, 0.2) is 42.5 Å². The van der Waals surface area contributed by atoms with Gasteiger partial charge in [-0.05, 0) is 31.2 Å². The van der Waals surface area contributed by atoms with E-state index in [2.05, 4.69) is 5.32 Å². The van der Waals surface area contributed by atoms with Gasteiger partial charge in [0.05, 0.1) is 5.02 Å². The van der Waals surface area contributed by atoms with Gasteiger partial charge in [-0.25, -0.2) is 8.78 Å². The van der Waals surface area contributed by atoms with Gasteiger partial charge in [0.1, 0.15) is 11.6 Å². The monoisotopic (exact) mass is 281 g/mol. The molecule has 2 aromatic carbocycles. The van der Waals surface area contributed by atoms with Crippen molar-refractivity contribution >= 4 is 11.6 Å². The average molecular weight is 282 g/mol. The highest BCUT2D eigenvalue weighted by molar-refractivity contribution is 6.30. The molecular weight excluding hydrogens is 268 g/mol. The maximum Gasteiger partial charge on any atom is 0.145 e. The Morgan fingerprint density at radius 1 is 1.11 bits per heavy atom. The molecule has 0 saturated carbocycles. The van der Waals surface area contributed by atoms with E-state index in [1.807, 2.05) is 0 Å². The molecule has 19 heavy (non-hydrogen) atoms. The zero-order valence-electron chi connectivity index (χ0n) is 10.5. The first-order valence-electron chi connectivity index (χ1n) is 5.98. The molecule has 0 amide bonds. The molecule has 0 aromatic heterocycles. The highest BCUT2D eigenvalue weighted by atomic mass is 35.5. The van der Waals surface area contributed by atoms with E-state index in [9.17, 15) is 8.78 Å². The smallest absolute Gasteiger partial charge is 0.145 e. The summed E-state index contributed by atoms with van der Waals surface area (Å²) in [6.45, 7) is 0. The molecular formula is C15H14ClF2N. The van der Waals surface area contributed by atoms with Crippen molar-refractivity contribution in [2.45, 2.75) is 12.5 Å². The number of nitrogens with one attached hydrogen (secondary N) is 1. The molecule has 1 unspecified atom stereocenters. The molecule has 0 aliphatic carbocycles. The van der Waals surface area contributed by atoms with Crippen molar-refractivity contribution < 1.29 is 8.78 Å². The number of benzene rings is 2. The summed E-state index contributed by atoms with van der Waals surface area (Å²) in [5.41, 5.74) is 0.986. The van der Waals surface area contributed by atoms with Gasteiger partial charge < -0.3 is 5.32 Å². The molecule has 2 aromatic rings. The summed E-state index contributed by atoms with van der Waals surface area (Å²) in [6.07, 6.45) is 0.337. The van der Waals surface area contributed by atoms with E-state index in [-0.39, 0.29) is 16.9 Å². The quantitative estimate of drug-likeness (QED) is 0.889.